The molecule has 0 radical (unpaired) electrons. The molecule has 0 saturated carbocycles. The first kappa shape index (κ1) is 12.1. The fraction of sp³-hybridized carbons (Fsp3) is 0.167. The highest BCUT2D eigenvalue weighted by Gasteiger charge is 2.09. The number of ether oxygens (including phenoxy) is 1. The molecule has 1 rings (SSSR count). The molecular weight excluding hydrogens is 224 g/mol. The minimum absolute atomic E-state index is 0.0255. The standard InChI is InChI=1S/C12H9ClN2O/c1-16-12(10(7-14)8-15)6-9-4-2-3-5-11(9)13/h2-5H,6H2,1H3. The highest BCUT2D eigenvalue weighted by molar-refractivity contribution is 6.31. The molecule has 0 aliphatic heterocycles. The summed E-state index contributed by atoms with van der Waals surface area (Å²) in [5.41, 5.74) is 0.798. The maximum atomic E-state index is 8.73. The number of hydrogen-bond donors (Lipinski definition) is 0. The van der Waals surface area contributed by atoms with Crippen LogP contribution in [0.2, 0.25) is 5.02 Å². The third-order valence-electron chi connectivity index (χ3n) is 2.06. The summed E-state index contributed by atoms with van der Waals surface area (Å²) in [6.07, 6.45) is 0.340. The first-order valence-electron chi connectivity index (χ1n) is 4.53. The van der Waals surface area contributed by atoms with Gasteiger partial charge in [0.05, 0.1) is 7.11 Å². The van der Waals surface area contributed by atoms with Crippen LogP contribution in [0, 0.1) is 22.7 Å². The van der Waals surface area contributed by atoms with Crippen molar-refractivity contribution in [1.82, 2.24) is 0 Å². The molecule has 0 fully saturated rings. The van der Waals surface area contributed by atoms with E-state index >= 15 is 0 Å². The molecule has 16 heavy (non-hydrogen) atoms. The Morgan fingerprint density at radius 3 is 2.44 bits per heavy atom. The Labute approximate surface area is 99.1 Å². The maximum absolute atomic E-state index is 8.73. The lowest BCUT2D eigenvalue weighted by atomic mass is 10.1. The van der Waals surface area contributed by atoms with Crippen molar-refractivity contribution < 1.29 is 4.74 Å². The van der Waals surface area contributed by atoms with Gasteiger partial charge in [-0.15, -0.1) is 0 Å². The average Bonchev–Trinajstić information content (AvgIpc) is 2.31. The number of methoxy groups -OCH3 is 1. The predicted molar refractivity (Wildman–Crippen MR) is 60.4 cm³/mol. The third kappa shape index (κ3) is 2.76. The van der Waals surface area contributed by atoms with Crippen molar-refractivity contribution in [3.63, 3.8) is 0 Å². The second kappa shape index (κ2) is 5.80. The highest BCUT2D eigenvalue weighted by Crippen LogP contribution is 2.20. The Bertz CT molecular complexity index is 478. The quantitative estimate of drug-likeness (QED) is 0.595. The van der Waals surface area contributed by atoms with Crippen LogP contribution in [-0.4, -0.2) is 7.11 Å². The molecule has 3 nitrogen and oxygen atoms in total. The van der Waals surface area contributed by atoms with E-state index in [1.165, 1.54) is 7.11 Å². The third-order valence-corrected chi connectivity index (χ3v) is 2.43. The lowest BCUT2D eigenvalue weighted by Gasteiger charge is -2.07. The van der Waals surface area contributed by atoms with Crippen LogP contribution >= 0.6 is 11.6 Å². The van der Waals surface area contributed by atoms with Crippen molar-refractivity contribution >= 4 is 11.6 Å². The van der Waals surface area contributed by atoms with Crippen LogP contribution in [0.5, 0.6) is 0 Å². The number of benzene rings is 1. The summed E-state index contributed by atoms with van der Waals surface area (Å²) in [7, 11) is 1.43. The fourth-order valence-corrected chi connectivity index (χ4v) is 1.43. The van der Waals surface area contributed by atoms with Gasteiger partial charge in [0.25, 0.3) is 0 Å². The summed E-state index contributed by atoms with van der Waals surface area (Å²) in [5, 5.41) is 18.1. The van der Waals surface area contributed by atoms with E-state index in [2.05, 4.69) is 0 Å². The van der Waals surface area contributed by atoms with Gasteiger partial charge in [-0.1, -0.05) is 29.8 Å². The first-order chi connectivity index (χ1) is 7.72. The van der Waals surface area contributed by atoms with Crippen molar-refractivity contribution in [1.29, 1.82) is 10.5 Å². The van der Waals surface area contributed by atoms with Crippen LogP contribution in [0.1, 0.15) is 5.56 Å². The van der Waals surface area contributed by atoms with Gasteiger partial charge in [0, 0.05) is 11.4 Å². The molecule has 1 aromatic carbocycles. The highest BCUT2D eigenvalue weighted by atomic mass is 35.5. The van der Waals surface area contributed by atoms with Gasteiger partial charge in [0.2, 0.25) is 0 Å². The minimum atomic E-state index is -0.0255. The Balaban J connectivity index is 3.06. The summed E-state index contributed by atoms with van der Waals surface area (Å²) < 4.78 is 5.03. The second-order valence-electron chi connectivity index (χ2n) is 2.99. The summed E-state index contributed by atoms with van der Waals surface area (Å²) in [6, 6.07) is 10.8. The van der Waals surface area contributed by atoms with Crippen LogP contribution in [-0.2, 0) is 11.2 Å². The van der Waals surface area contributed by atoms with Crippen LogP contribution in [0.3, 0.4) is 0 Å². The fourth-order valence-electron chi connectivity index (χ4n) is 1.23. The summed E-state index contributed by atoms with van der Waals surface area (Å²) in [5.74, 6) is 0.332. The van der Waals surface area contributed by atoms with Crippen LogP contribution in [0.25, 0.3) is 0 Å². The van der Waals surface area contributed by atoms with Crippen LogP contribution < -0.4 is 0 Å². The smallest absolute Gasteiger partial charge is 0.167 e. The van der Waals surface area contributed by atoms with Gasteiger partial charge in [-0.05, 0) is 11.6 Å². The Morgan fingerprint density at radius 1 is 1.31 bits per heavy atom. The molecule has 0 spiro atoms. The number of nitriles is 2. The molecular formula is C12H9ClN2O. The van der Waals surface area contributed by atoms with Gasteiger partial charge in [-0.3, -0.25) is 0 Å². The van der Waals surface area contributed by atoms with Crippen LogP contribution in [0.4, 0.5) is 0 Å². The topological polar surface area (TPSA) is 56.8 Å². The normalized spacial score (nSPS) is 8.75. The number of rotatable bonds is 3. The van der Waals surface area contributed by atoms with Gasteiger partial charge < -0.3 is 4.74 Å². The van der Waals surface area contributed by atoms with E-state index < -0.39 is 0 Å². The van der Waals surface area contributed by atoms with Gasteiger partial charge in [-0.2, -0.15) is 10.5 Å². The lowest BCUT2D eigenvalue weighted by molar-refractivity contribution is 0.281. The van der Waals surface area contributed by atoms with E-state index in [0.29, 0.717) is 17.2 Å². The molecule has 0 N–H and O–H groups in total. The molecule has 0 unspecified atom stereocenters. The molecule has 0 heterocycles. The Morgan fingerprint density at radius 2 is 1.94 bits per heavy atom. The van der Waals surface area contributed by atoms with E-state index in [4.69, 9.17) is 26.9 Å². The number of nitrogens with zero attached hydrogens (tertiary/aromatic N) is 2. The van der Waals surface area contributed by atoms with Crippen molar-refractivity contribution in [2.75, 3.05) is 7.11 Å². The largest absolute Gasteiger partial charge is 0.499 e. The van der Waals surface area contributed by atoms with E-state index in [9.17, 15) is 0 Å². The first-order valence-corrected chi connectivity index (χ1v) is 4.91. The monoisotopic (exact) mass is 232 g/mol. The zero-order valence-electron chi connectivity index (χ0n) is 8.70. The maximum Gasteiger partial charge on any atom is 0.167 e. The average molecular weight is 233 g/mol. The molecule has 0 amide bonds. The van der Waals surface area contributed by atoms with Gasteiger partial charge >= 0.3 is 0 Å². The van der Waals surface area contributed by atoms with E-state index in [1.807, 2.05) is 18.2 Å². The van der Waals surface area contributed by atoms with Crippen LogP contribution in [0.15, 0.2) is 35.6 Å². The Hall–Kier alpha value is -1.97. The summed E-state index contributed by atoms with van der Waals surface area (Å²) >= 11 is 5.97. The zero-order chi connectivity index (χ0) is 12.0. The molecule has 0 saturated heterocycles. The SMILES string of the molecule is COC(Cc1ccccc1Cl)=C(C#N)C#N. The Kier molecular flexibility index (Phi) is 4.39. The molecule has 0 aliphatic carbocycles. The molecule has 1 aromatic rings. The van der Waals surface area contributed by atoms with E-state index in [1.54, 1.807) is 18.2 Å². The second-order valence-corrected chi connectivity index (χ2v) is 3.40. The predicted octanol–water partition coefficient (Wildman–Crippen LogP) is 2.83. The summed E-state index contributed by atoms with van der Waals surface area (Å²) in [4.78, 5) is 0. The molecule has 0 bridgehead atoms. The van der Waals surface area contributed by atoms with Crippen molar-refractivity contribution in [3.8, 4) is 12.1 Å². The number of halogens is 1. The van der Waals surface area contributed by atoms with Crippen molar-refractivity contribution in [2.45, 2.75) is 6.42 Å². The molecule has 0 atom stereocenters. The number of allylic oxidation sites excluding steroid dienone is 2. The number of hydrogen-bond acceptors (Lipinski definition) is 3. The minimum Gasteiger partial charge on any atom is -0.499 e. The molecule has 4 heteroatoms. The summed E-state index contributed by atoms with van der Waals surface area (Å²) in [6.45, 7) is 0. The molecule has 80 valence electrons. The van der Waals surface area contributed by atoms with Gasteiger partial charge in [0.15, 0.2) is 5.57 Å². The van der Waals surface area contributed by atoms with Crippen molar-refractivity contribution in [2.24, 2.45) is 0 Å². The zero-order valence-corrected chi connectivity index (χ0v) is 9.45. The van der Waals surface area contributed by atoms with Gasteiger partial charge in [-0.25, -0.2) is 0 Å². The van der Waals surface area contributed by atoms with Gasteiger partial charge in [0.1, 0.15) is 17.9 Å². The molecule has 0 aliphatic rings. The van der Waals surface area contributed by atoms with E-state index in [0.717, 1.165) is 5.56 Å². The lowest BCUT2D eigenvalue weighted by Crippen LogP contribution is -1.97. The molecule has 0 aromatic heterocycles. The van der Waals surface area contributed by atoms with E-state index in [-0.39, 0.29) is 5.57 Å². The van der Waals surface area contributed by atoms with Crippen molar-refractivity contribution in [3.05, 3.63) is 46.2 Å².